The molecule has 24 heteroatoms. The van der Waals surface area contributed by atoms with E-state index in [-0.39, 0.29) is 102 Å². The fourth-order valence-corrected chi connectivity index (χ4v) is 4.52. The molecule has 0 fully saturated rings. The van der Waals surface area contributed by atoms with Crippen LogP contribution in [0.25, 0.3) is 0 Å². The lowest BCUT2D eigenvalue weighted by atomic mass is 10.0. The molecular formula is C29H38Cl2N16O6. The first-order valence-corrected chi connectivity index (χ1v) is 16.3. The van der Waals surface area contributed by atoms with Gasteiger partial charge in [0, 0.05) is 32.5 Å². The Morgan fingerprint density at radius 2 is 1.26 bits per heavy atom. The number of carbonyl (C=O) groups excluding carboxylic acids is 4. The van der Waals surface area contributed by atoms with Gasteiger partial charge in [-0.05, 0) is 37.0 Å². The third kappa shape index (κ3) is 12.7. The number of nitrogens with two attached hydrogens (primary N) is 6. The molecule has 2 heterocycles. The monoisotopic (exact) mass is 776 g/mol. The number of hydrogen-bond acceptors (Lipinski definition) is 16. The minimum atomic E-state index is -1.06. The van der Waals surface area contributed by atoms with Gasteiger partial charge in [0.1, 0.15) is 6.04 Å². The Balaban J connectivity index is 1.49. The summed E-state index contributed by atoms with van der Waals surface area (Å²) < 4.78 is 0. The average molecular weight is 778 g/mol. The summed E-state index contributed by atoms with van der Waals surface area (Å²) in [5.74, 6) is -4.66. The molecule has 0 aliphatic carbocycles. The van der Waals surface area contributed by atoms with E-state index in [2.05, 4.69) is 51.2 Å². The number of hydrogen-bond donors (Lipinski definition) is 12. The van der Waals surface area contributed by atoms with E-state index in [0.29, 0.717) is 18.4 Å². The van der Waals surface area contributed by atoms with Gasteiger partial charge in [0.2, 0.25) is 11.8 Å². The number of rotatable bonds is 15. The van der Waals surface area contributed by atoms with E-state index in [0.717, 1.165) is 0 Å². The molecule has 284 valence electrons. The van der Waals surface area contributed by atoms with Crippen LogP contribution in [0.15, 0.2) is 28.2 Å². The minimum Gasteiger partial charge on any atom is -0.504 e. The molecule has 4 amide bonds. The van der Waals surface area contributed by atoms with Gasteiger partial charge >= 0.3 is 0 Å². The Bertz CT molecular complexity index is 1910. The van der Waals surface area contributed by atoms with Crippen molar-refractivity contribution >= 4 is 82.0 Å². The van der Waals surface area contributed by atoms with Gasteiger partial charge in [0.15, 0.2) is 68.4 Å². The zero-order valence-corrected chi connectivity index (χ0v) is 29.4. The third-order valence-electron chi connectivity index (χ3n) is 6.86. The van der Waals surface area contributed by atoms with Crippen LogP contribution in [0.2, 0.25) is 10.3 Å². The number of benzene rings is 1. The van der Waals surface area contributed by atoms with Crippen molar-refractivity contribution in [3.8, 4) is 11.5 Å². The zero-order chi connectivity index (χ0) is 39.2. The summed E-state index contributed by atoms with van der Waals surface area (Å²) in [5.41, 5.74) is 33.7. The van der Waals surface area contributed by atoms with Gasteiger partial charge in [-0.25, -0.2) is 19.9 Å². The summed E-state index contributed by atoms with van der Waals surface area (Å²) in [5, 5.41) is 29.1. The summed E-state index contributed by atoms with van der Waals surface area (Å²) in [6.45, 7) is 0.414. The molecule has 0 aliphatic heterocycles. The molecule has 0 spiro atoms. The highest BCUT2D eigenvalue weighted by atomic mass is 35.5. The maximum Gasteiger partial charge on any atom is 0.280 e. The fraction of sp³-hybridized carbons (Fsp3) is 0.310. The predicted molar refractivity (Wildman–Crippen MR) is 197 cm³/mol. The van der Waals surface area contributed by atoms with Crippen molar-refractivity contribution in [1.82, 2.24) is 41.2 Å². The number of amides is 4. The van der Waals surface area contributed by atoms with Crippen molar-refractivity contribution in [1.29, 1.82) is 0 Å². The molecule has 3 aromatic rings. The smallest absolute Gasteiger partial charge is 0.280 e. The number of nitrogens with one attached hydrogen (secondary N) is 4. The topological polar surface area (TPSA) is 389 Å². The van der Waals surface area contributed by atoms with Crippen LogP contribution in [0.3, 0.4) is 0 Å². The molecule has 53 heavy (non-hydrogen) atoms. The molecule has 18 N–H and O–H groups in total. The number of guanidine groups is 2. The number of carbonyl (C=O) groups is 4. The van der Waals surface area contributed by atoms with Crippen molar-refractivity contribution in [2.45, 2.75) is 38.1 Å². The first kappa shape index (κ1) is 41.0. The fourth-order valence-electron chi connectivity index (χ4n) is 4.27. The molecule has 3 rings (SSSR count). The highest BCUT2D eigenvalue weighted by molar-refractivity contribution is 6.32. The molecule has 0 bridgehead atoms. The number of phenolic OH excluding ortho intramolecular Hbond substituents is 2. The van der Waals surface area contributed by atoms with E-state index in [4.69, 9.17) is 57.6 Å². The van der Waals surface area contributed by atoms with Crippen LogP contribution in [0, 0.1) is 0 Å². The van der Waals surface area contributed by atoms with Crippen molar-refractivity contribution < 1.29 is 29.4 Å². The maximum absolute atomic E-state index is 13.1. The Hall–Kier alpha value is -6.42. The number of aliphatic imine (C=N–C) groups is 2. The first-order chi connectivity index (χ1) is 25.0. The van der Waals surface area contributed by atoms with Gasteiger partial charge in [-0.15, -0.1) is 0 Å². The van der Waals surface area contributed by atoms with E-state index in [1.807, 2.05) is 0 Å². The second-order valence-electron chi connectivity index (χ2n) is 11.0. The Kier molecular flexibility index (Phi) is 14.9. The zero-order valence-electron chi connectivity index (χ0n) is 27.9. The lowest BCUT2D eigenvalue weighted by molar-refractivity contribution is -0.129. The summed E-state index contributed by atoms with van der Waals surface area (Å²) in [6, 6.07) is 2.97. The number of unbranched alkanes of at least 4 members (excludes halogenated alkanes) is 1. The maximum atomic E-state index is 13.1. The molecule has 0 aliphatic rings. The van der Waals surface area contributed by atoms with Crippen LogP contribution in [0.1, 0.15) is 52.2 Å². The van der Waals surface area contributed by atoms with E-state index in [9.17, 15) is 29.4 Å². The van der Waals surface area contributed by atoms with Crippen molar-refractivity contribution in [2.75, 3.05) is 42.6 Å². The summed E-state index contributed by atoms with van der Waals surface area (Å²) >= 11 is 11.6. The second-order valence-corrected chi connectivity index (χ2v) is 11.7. The van der Waals surface area contributed by atoms with E-state index in [1.165, 1.54) is 18.2 Å². The van der Waals surface area contributed by atoms with Gasteiger partial charge in [-0.3, -0.25) is 39.8 Å². The largest absolute Gasteiger partial charge is 0.504 e. The minimum absolute atomic E-state index is 0.0155. The van der Waals surface area contributed by atoms with Gasteiger partial charge in [-0.2, -0.15) is 0 Å². The Morgan fingerprint density at radius 3 is 1.79 bits per heavy atom. The lowest BCUT2D eigenvalue weighted by Gasteiger charge is -2.19. The highest BCUT2D eigenvalue weighted by Crippen LogP contribution is 2.25. The number of halogens is 2. The van der Waals surface area contributed by atoms with E-state index in [1.54, 1.807) is 0 Å². The number of aromatic hydroxyl groups is 2. The summed E-state index contributed by atoms with van der Waals surface area (Å²) in [4.78, 5) is 73.7. The number of phenols is 2. The lowest BCUT2D eigenvalue weighted by Crippen LogP contribution is -2.48. The molecule has 2 aromatic heterocycles. The molecule has 0 saturated carbocycles. The third-order valence-corrected chi connectivity index (χ3v) is 7.42. The SMILES string of the molecule is NC(=NCCCCNC(=O)[C@H](Cc1ccc(O)c(O)c1)NC(=O)CCCN=C(N)NC(=O)c1nc(Cl)c(N)nc1N)NC(=O)c1nc(Cl)c(N)nc1N. The van der Waals surface area contributed by atoms with Crippen LogP contribution < -0.4 is 55.7 Å². The van der Waals surface area contributed by atoms with Crippen LogP contribution in [-0.4, -0.2) is 91.4 Å². The number of nitrogens with zero attached hydrogens (tertiary/aromatic N) is 6. The van der Waals surface area contributed by atoms with Crippen LogP contribution in [0.5, 0.6) is 11.5 Å². The van der Waals surface area contributed by atoms with Crippen LogP contribution >= 0.6 is 23.2 Å². The van der Waals surface area contributed by atoms with Crippen molar-refractivity contribution in [3.63, 3.8) is 0 Å². The van der Waals surface area contributed by atoms with Crippen LogP contribution in [-0.2, 0) is 16.0 Å². The molecule has 1 aromatic carbocycles. The first-order valence-electron chi connectivity index (χ1n) is 15.5. The standard InChI is InChI=1S/C29H38Cl2N16O6/c30-19-23(34)44-21(32)17(42-19)26(52)46-28(36)39-8-2-1-7-38-25(51)13(10-12-5-6-14(48)15(49)11-12)41-16(50)4-3-9-40-29(37)47-27(53)18-22(33)45-24(35)20(31)43-18/h5-6,11,13,48-49H,1-4,7-10H2,(H,38,51)(H,41,50)(H4,32,34,44)(H4,33,35,45)(H3,36,39,46,52)(H3,37,40,47,53)/t13-/m0/s1. The number of aromatic nitrogens is 4. The van der Waals surface area contributed by atoms with E-state index >= 15 is 0 Å². The van der Waals surface area contributed by atoms with Gasteiger partial charge in [-0.1, -0.05) is 29.3 Å². The summed E-state index contributed by atoms with van der Waals surface area (Å²) in [6.07, 6.45) is 1.00. The Morgan fingerprint density at radius 1 is 0.736 bits per heavy atom. The molecular weight excluding hydrogens is 739 g/mol. The highest BCUT2D eigenvalue weighted by Gasteiger charge is 2.22. The molecule has 1 atom stereocenters. The second kappa shape index (κ2) is 19.3. The predicted octanol–water partition coefficient (Wildman–Crippen LogP) is -1.49. The Labute approximate surface area is 311 Å². The van der Waals surface area contributed by atoms with Gasteiger partial charge in [0.05, 0.1) is 0 Å². The molecule has 22 nitrogen and oxygen atoms in total. The van der Waals surface area contributed by atoms with Crippen molar-refractivity contribution in [2.24, 2.45) is 21.5 Å². The van der Waals surface area contributed by atoms with Gasteiger partial charge in [0.25, 0.3) is 11.8 Å². The molecule has 0 radical (unpaired) electrons. The van der Waals surface area contributed by atoms with Gasteiger partial charge < -0.3 is 55.2 Å². The number of nitrogen functional groups attached to an aromatic ring is 4. The summed E-state index contributed by atoms with van der Waals surface area (Å²) in [7, 11) is 0. The number of anilines is 4. The van der Waals surface area contributed by atoms with Crippen molar-refractivity contribution in [3.05, 3.63) is 45.5 Å². The quantitative estimate of drug-likeness (QED) is 0.0362. The molecule has 0 saturated heterocycles. The normalized spacial score (nSPS) is 12.1. The molecule has 0 unspecified atom stereocenters. The van der Waals surface area contributed by atoms with Crippen LogP contribution in [0.4, 0.5) is 23.3 Å². The average Bonchev–Trinajstić information content (AvgIpc) is 3.09. The van der Waals surface area contributed by atoms with E-state index < -0.39 is 35.4 Å².